The number of hydrogen-bond donors (Lipinski definition) is 1. The molecule has 0 saturated heterocycles. The monoisotopic (exact) mass is 539 g/mol. The molecule has 7 nitrogen and oxygen atoms in total. The fourth-order valence-corrected chi connectivity index (χ4v) is 5.07. The van der Waals surface area contributed by atoms with Crippen LogP contribution in [0.4, 0.5) is 9.18 Å². The molecule has 1 N–H and O–H groups in total. The predicted octanol–water partition coefficient (Wildman–Crippen LogP) is 4.46. The molecule has 3 rings (SSSR count). The molecule has 0 unspecified atom stereocenters. The SMILES string of the molecule is CCS(=O)(=O)Cc1cccc(Cc2c(CBr)c3ccc(CN(C)C(=O)O)cc3oc2=O)c1F. The van der Waals surface area contributed by atoms with Gasteiger partial charge in [-0.15, -0.1) is 0 Å². The van der Waals surface area contributed by atoms with Crippen molar-refractivity contribution in [1.29, 1.82) is 0 Å². The van der Waals surface area contributed by atoms with Crippen molar-refractivity contribution >= 4 is 42.8 Å². The first-order chi connectivity index (χ1) is 15.6. The Bertz CT molecular complexity index is 1370. The minimum Gasteiger partial charge on any atom is -0.465 e. The number of amides is 1. The summed E-state index contributed by atoms with van der Waals surface area (Å²) < 4.78 is 44.5. The fourth-order valence-electron chi connectivity index (χ4n) is 3.53. The average Bonchev–Trinajstić information content (AvgIpc) is 2.76. The molecule has 1 amide bonds. The van der Waals surface area contributed by atoms with Gasteiger partial charge in [0.2, 0.25) is 0 Å². The third-order valence-electron chi connectivity index (χ3n) is 5.41. The van der Waals surface area contributed by atoms with Crippen LogP contribution < -0.4 is 5.63 Å². The number of fused-ring (bicyclic) bond motifs is 1. The van der Waals surface area contributed by atoms with Gasteiger partial charge in [0.25, 0.3) is 0 Å². The number of carbonyl (C=O) groups is 1. The minimum absolute atomic E-state index is 0.0610. The molecule has 1 heterocycles. The maximum Gasteiger partial charge on any atom is 0.407 e. The Kier molecular flexibility index (Phi) is 7.58. The molecule has 0 aliphatic rings. The van der Waals surface area contributed by atoms with Crippen LogP contribution in [0, 0.1) is 5.82 Å². The largest absolute Gasteiger partial charge is 0.465 e. The van der Waals surface area contributed by atoms with E-state index in [0.717, 1.165) is 4.90 Å². The van der Waals surface area contributed by atoms with Gasteiger partial charge in [-0.3, -0.25) is 0 Å². The first-order valence-electron chi connectivity index (χ1n) is 10.1. The number of rotatable bonds is 8. The zero-order valence-electron chi connectivity index (χ0n) is 18.1. The van der Waals surface area contributed by atoms with Gasteiger partial charge in [0.05, 0.1) is 5.75 Å². The van der Waals surface area contributed by atoms with E-state index in [1.165, 1.54) is 26.1 Å². The first kappa shape index (κ1) is 24.9. The molecule has 33 heavy (non-hydrogen) atoms. The lowest BCUT2D eigenvalue weighted by molar-refractivity contribution is 0.153. The van der Waals surface area contributed by atoms with E-state index in [1.807, 2.05) is 0 Å². The van der Waals surface area contributed by atoms with Crippen molar-refractivity contribution in [3.63, 3.8) is 0 Å². The van der Waals surface area contributed by atoms with Crippen LogP contribution in [-0.2, 0) is 33.9 Å². The Balaban J connectivity index is 2.03. The van der Waals surface area contributed by atoms with Crippen molar-refractivity contribution in [1.82, 2.24) is 4.90 Å². The van der Waals surface area contributed by atoms with Crippen LogP contribution in [0.1, 0.15) is 34.7 Å². The highest BCUT2D eigenvalue weighted by Crippen LogP contribution is 2.27. The van der Waals surface area contributed by atoms with E-state index >= 15 is 4.39 Å². The Morgan fingerprint density at radius 1 is 1.18 bits per heavy atom. The summed E-state index contributed by atoms with van der Waals surface area (Å²) >= 11 is 3.40. The number of benzene rings is 2. The molecular formula is C23H23BrFNO6S. The number of hydrogen-bond acceptors (Lipinski definition) is 5. The second kappa shape index (κ2) is 10.0. The van der Waals surface area contributed by atoms with E-state index in [1.54, 1.807) is 24.3 Å². The molecule has 10 heteroatoms. The van der Waals surface area contributed by atoms with E-state index in [9.17, 15) is 18.0 Å². The van der Waals surface area contributed by atoms with E-state index in [0.29, 0.717) is 27.4 Å². The second-order valence-corrected chi connectivity index (χ2v) is 10.6. The molecule has 0 radical (unpaired) electrons. The number of halogens is 2. The lowest BCUT2D eigenvalue weighted by atomic mass is 9.97. The fraction of sp³-hybridized carbons (Fsp3) is 0.304. The van der Waals surface area contributed by atoms with Gasteiger partial charge in [-0.05, 0) is 22.8 Å². The minimum atomic E-state index is -3.42. The third kappa shape index (κ3) is 5.62. The molecule has 176 valence electrons. The molecule has 0 bridgehead atoms. The molecule has 2 aromatic carbocycles. The van der Waals surface area contributed by atoms with E-state index < -0.39 is 33.1 Å². The van der Waals surface area contributed by atoms with E-state index in [4.69, 9.17) is 9.52 Å². The molecule has 0 saturated carbocycles. The van der Waals surface area contributed by atoms with Gasteiger partial charge in [-0.2, -0.15) is 0 Å². The van der Waals surface area contributed by atoms with Crippen molar-refractivity contribution in [2.45, 2.75) is 31.0 Å². The summed E-state index contributed by atoms with van der Waals surface area (Å²) in [6.07, 6.45) is -1.14. The normalized spacial score (nSPS) is 11.6. The van der Waals surface area contributed by atoms with Crippen molar-refractivity contribution in [2.75, 3.05) is 12.8 Å². The van der Waals surface area contributed by atoms with Crippen LogP contribution in [-0.4, -0.2) is 37.3 Å². The standard InChI is InChI=1S/C23H23BrFNO6S/c1-3-33(30,31)13-16-6-4-5-15(21(16)25)10-18-19(11-24)17-8-7-14(12-26(2)23(28)29)9-20(17)32-22(18)27/h4-9H,3,10-13H2,1-2H3,(H,28,29). The maximum atomic E-state index is 15.1. The van der Waals surface area contributed by atoms with Crippen LogP contribution in [0.2, 0.25) is 0 Å². The zero-order valence-corrected chi connectivity index (χ0v) is 20.5. The number of nitrogens with zero attached hydrogens (tertiary/aromatic N) is 1. The van der Waals surface area contributed by atoms with Gasteiger partial charge in [-0.25, -0.2) is 22.4 Å². The van der Waals surface area contributed by atoms with E-state index in [2.05, 4.69) is 15.9 Å². The molecule has 0 atom stereocenters. The molecule has 0 spiro atoms. The van der Waals surface area contributed by atoms with Crippen molar-refractivity contribution in [3.05, 3.63) is 80.5 Å². The lowest BCUT2D eigenvalue weighted by Crippen LogP contribution is -2.23. The number of alkyl halides is 1. The van der Waals surface area contributed by atoms with Gasteiger partial charge in [0.1, 0.15) is 11.4 Å². The Hall–Kier alpha value is -2.72. The second-order valence-electron chi connectivity index (χ2n) is 7.69. The van der Waals surface area contributed by atoms with Crippen molar-refractivity contribution in [3.8, 4) is 0 Å². The average molecular weight is 540 g/mol. The Morgan fingerprint density at radius 3 is 2.52 bits per heavy atom. The maximum absolute atomic E-state index is 15.1. The van der Waals surface area contributed by atoms with Gasteiger partial charge in [0, 0.05) is 47.6 Å². The lowest BCUT2D eigenvalue weighted by Gasteiger charge is -2.15. The Labute approximate surface area is 198 Å². The number of carboxylic acid groups (broad SMARTS) is 1. The van der Waals surface area contributed by atoms with Crippen LogP contribution in [0.5, 0.6) is 0 Å². The third-order valence-corrected chi connectivity index (χ3v) is 7.60. The topological polar surface area (TPSA) is 105 Å². The Morgan fingerprint density at radius 2 is 1.88 bits per heavy atom. The molecule has 1 aromatic heterocycles. The van der Waals surface area contributed by atoms with Gasteiger partial charge in [0.15, 0.2) is 9.84 Å². The van der Waals surface area contributed by atoms with Crippen LogP contribution in [0.25, 0.3) is 11.0 Å². The molecule has 3 aromatic rings. The summed E-state index contributed by atoms with van der Waals surface area (Å²) in [4.78, 5) is 25.0. The highest BCUT2D eigenvalue weighted by atomic mass is 79.9. The summed E-state index contributed by atoms with van der Waals surface area (Å²) in [7, 11) is -1.99. The van der Waals surface area contributed by atoms with Crippen molar-refractivity contribution in [2.24, 2.45) is 0 Å². The highest BCUT2D eigenvalue weighted by Gasteiger charge is 2.20. The zero-order chi connectivity index (χ0) is 24.3. The van der Waals surface area contributed by atoms with Crippen LogP contribution in [0.3, 0.4) is 0 Å². The molecule has 0 fully saturated rings. The van der Waals surface area contributed by atoms with Crippen molar-refractivity contribution < 1.29 is 27.1 Å². The quantitative estimate of drug-likeness (QED) is 0.334. The summed E-state index contributed by atoms with van der Waals surface area (Å²) in [5, 5.41) is 10.0. The summed E-state index contributed by atoms with van der Waals surface area (Å²) in [5.74, 6) is -1.15. The van der Waals surface area contributed by atoms with Crippen LogP contribution >= 0.6 is 15.9 Å². The van der Waals surface area contributed by atoms with Gasteiger partial charge in [-0.1, -0.05) is 53.2 Å². The number of sulfone groups is 1. The van der Waals surface area contributed by atoms with Gasteiger partial charge >= 0.3 is 11.7 Å². The molecular weight excluding hydrogens is 517 g/mol. The molecule has 0 aliphatic carbocycles. The summed E-state index contributed by atoms with van der Waals surface area (Å²) in [6, 6.07) is 9.61. The highest BCUT2D eigenvalue weighted by molar-refractivity contribution is 9.08. The first-order valence-corrected chi connectivity index (χ1v) is 13.0. The van der Waals surface area contributed by atoms with E-state index in [-0.39, 0.29) is 35.4 Å². The predicted molar refractivity (Wildman–Crippen MR) is 127 cm³/mol. The van der Waals surface area contributed by atoms with Gasteiger partial charge < -0.3 is 14.4 Å². The summed E-state index contributed by atoms with van der Waals surface area (Å²) in [6.45, 7) is 1.63. The smallest absolute Gasteiger partial charge is 0.407 e. The van der Waals surface area contributed by atoms with Crippen LogP contribution in [0.15, 0.2) is 45.6 Å². The molecule has 0 aliphatic heterocycles. The summed E-state index contributed by atoms with van der Waals surface area (Å²) in [5.41, 5.74) is 1.48.